The molecule has 2 aromatic carbocycles. The molecule has 2 unspecified atom stereocenters. The number of rotatable bonds is 29. The number of alkyl halides is 2. The first-order valence-electron chi connectivity index (χ1n) is 36.0. The van der Waals surface area contributed by atoms with Crippen molar-refractivity contribution < 1.29 is 115 Å². The van der Waals surface area contributed by atoms with Crippen LogP contribution in [-0.2, 0) is 101 Å². The van der Waals surface area contributed by atoms with Crippen LogP contribution in [-0.4, -0.2) is 127 Å². The Morgan fingerprint density at radius 3 is 1.35 bits per heavy atom. The zero-order valence-electron chi connectivity index (χ0n) is 60.5. The van der Waals surface area contributed by atoms with Gasteiger partial charge in [0.2, 0.25) is 11.6 Å². The maximum Gasteiger partial charge on any atom is 0.311 e. The van der Waals surface area contributed by atoms with Gasteiger partial charge in [0.15, 0.2) is 47.3 Å². The average Bonchev–Trinajstić information content (AvgIpc) is 1.59. The minimum Gasteiger partial charge on any atom is -0.461 e. The lowest BCUT2D eigenvalue weighted by Gasteiger charge is -2.62. The molecule has 0 heterocycles. The van der Waals surface area contributed by atoms with E-state index >= 15 is 8.78 Å². The van der Waals surface area contributed by atoms with Gasteiger partial charge < -0.3 is 48.3 Å². The molecule has 8 aliphatic rings. The molecule has 0 radical (unpaired) electrons. The van der Waals surface area contributed by atoms with Gasteiger partial charge in [0, 0.05) is 58.2 Å². The van der Waals surface area contributed by atoms with E-state index in [1.54, 1.807) is 84.0 Å². The second-order valence-electron chi connectivity index (χ2n) is 30.2. The van der Waals surface area contributed by atoms with E-state index in [0.717, 1.165) is 0 Å². The molecule has 0 spiro atoms. The summed E-state index contributed by atoms with van der Waals surface area (Å²) in [6.07, 6.45) is 8.17. The van der Waals surface area contributed by atoms with Crippen molar-refractivity contribution in [2.24, 2.45) is 57.2 Å². The number of Topliss-reactive ketones (excluding diaryl/α,β-unsaturated/α-hetero) is 2. The van der Waals surface area contributed by atoms with Gasteiger partial charge in [0.05, 0.1) is 37.9 Å². The third-order valence-corrected chi connectivity index (χ3v) is 24.2. The molecule has 10 rings (SSSR count). The van der Waals surface area contributed by atoms with Crippen molar-refractivity contribution in [2.45, 2.75) is 226 Å². The van der Waals surface area contributed by atoms with E-state index in [2.05, 4.69) is 9.68 Å². The third-order valence-electron chi connectivity index (χ3n) is 24.2. The Kier molecular flexibility index (Phi) is 24.5. The Labute approximate surface area is 606 Å². The zero-order chi connectivity index (χ0) is 76.8. The van der Waals surface area contributed by atoms with E-state index in [0.29, 0.717) is 92.0 Å². The van der Waals surface area contributed by atoms with E-state index in [9.17, 15) is 78.4 Å². The summed E-state index contributed by atoms with van der Waals surface area (Å²) in [5.74, 6) is -9.88. The molecule has 0 aliphatic heterocycles. The molecule has 2 aromatic rings. The van der Waals surface area contributed by atoms with Gasteiger partial charge >= 0.3 is 35.8 Å². The molecule has 0 aromatic heterocycles. The number of hydrogen-bond acceptors (Lipinski definition) is 24. The number of aliphatic hydroxyl groups excluding tert-OH is 2. The van der Waals surface area contributed by atoms with Gasteiger partial charge in [-0.2, -0.15) is 0 Å². The number of carbonyl (C=O) groups excluding carboxylic acids is 10. The molecule has 2 N–H and O–H groups in total. The molecule has 570 valence electrons. The third kappa shape index (κ3) is 15.3. The highest BCUT2D eigenvalue weighted by atomic mass is 19.1. The van der Waals surface area contributed by atoms with Crippen LogP contribution < -0.4 is 4.74 Å². The molecule has 105 heavy (non-hydrogen) atoms. The summed E-state index contributed by atoms with van der Waals surface area (Å²) >= 11 is 0. The van der Waals surface area contributed by atoms with E-state index in [4.69, 9.17) is 28.4 Å². The van der Waals surface area contributed by atoms with Crippen molar-refractivity contribution in [3.05, 3.63) is 133 Å². The van der Waals surface area contributed by atoms with Crippen LogP contribution in [0.25, 0.3) is 0 Å². The van der Waals surface area contributed by atoms with Crippen LogP contribution in [0.5, 0.6) is 5.75 Å². The van der Waals surface area contributed by atoms with E-state index in [1.165, 1.54) is 42.5 Å². The van der Waals surface area contributed by atoms with Crippen LogP contribution in [0.1, 0.15) is 188 Å². The van der Waals surface area contributed by atoms with Crippen molar-refractivity contribution in [1.82, 2.24) is 0 Å². The summed E-state index contributed by atoms with van der Waals surface area (Å²) in [4.78, 5) is 160. The average molecular weight is 1470 g/mol. The minimum absolute atomic E-state index is 0.0383. The Balaban J connectivity index is 0.000000243. The molecule has 0 bridgehead atoms. The largest absolute Gasteiger partial charge is 0.461 e. The quantitative estimate of drug-likeness (QED) is 0.0251. The van der Waals surface area contributed by atoms with Gasteiger partial charge in [0.1, 0.15) is 25.6 Å². The monoisotopic (exact) mass is 1470 g/mol. The fraction of sp³-hybridized carbons (Fsp3) is 0.610. The molecule has 0 amide bonds. The molecular weight excluding hydrogens is 1370 g/mol. The van der Waals surface area contributed by atoms with Crippen LogP contribution >= 0.6 is 0 Å². The van der Waals surface area contributed by atoms with Crippen molar-refractivity contribution >= 4 is 58.9 Å². The summed E-state index contributed by atoms with van der Waals surface area (Å²) in [5.41, 5.74) is -10.1. The SMILES string of the molecule is CCCCC(=O)O[C@]1(C(=O)COC(=O)CCC(=O)OCc2ccc(CO[N+](=O)[O-])cc2)[C@@H](C)C[C@H]2C3CCC4=CC(=O)C=C[C@]4(C)[C@@]3(F)[C@@H](O)C[C@@]21C.CCCCC(=O)O[C@]1(C(=O)COC(=O)CCC(=O)Oc2cccc(CO[N+](=O)[O-])c2)[C@@H](C)C[C@H]2C3CCC4=CC(=O)C=C[C@]4(C)[C@@]3(F)[C@@H](O)C[C@@]21C. The van der Waals surface area contributed by atoms with E-state index < -0.39 is 182 Å². The second kappa shape index (κ2) is 32.0. The number of benzene rings is 2. The normalized spacial score (nSPS) is 32.9. The van der Waals surface area contributed by atoms with Crippen molar-refractivity contribution in [2.75, 3.05) is 13.2 Å². The summed E-state index contributed by atoms with van der Waals surface area (Å²) < 4.78 is 69.0. The van der Waals surface area contributed by atoms with E-state index in [1.807, 2.05) is 13.8 Å². The molecule has 28 heteroatoms. The van der Waals surface area contributed by atoms with Crippen LogP contribution in [0.2, 0.25) is 0 Å². The lowest BCUT2D eigenvalue weighted by Crippen LogP contribution is -2.70. The lowest BCUT2D eigenvalue weighted by molar-refractivity contribution is -0.763. The van der Waals surface area contributed by atoms with Gasteiger partial charge in [-0.25, -0.2) is 8.78 Å². The number of allylic oxidation sites excluding steroid dienone is 8. The van der Waals surface area contributed by atoms with Crippen LogP contribution in [0.4, 0.5) is 8.78 Å². The molecule has 16 atom stereocenters. The Morgan fingerprint density at radius 1 is 0.533 bits per heavy atom. The Hall–Kier alpha value is -8.92. The Morgan fingerprint density at radius 2 is 0.933 bits per heavy atom. The zero-order valence-corrected chi connectivity index (χ0v) is 60.5. The standard InChI is InChI=1S/C39H48FNO12.C38H46FNO12/c1-5-6-7-35(47)53-39(32(44)23-51-34(46)15-14-33(45)50-21-25-8-10-26(11-9-25)22-52-41(48)49)24(2)18-30-29-13-12-27-19-28(42)16-17-36(27,3)38(29,40)31(43)20-37(30,39)4;1-5-6-10-34(46)52-38(31(43)22-49-32(44)13-14-33(45)51-27-9-7-8-24(18-27)21-50-40(47)48)23(2)17-29-28-12-11-25-19-26(41)15-16-35(25,3)37(28,39)30(42)20-36(29,38)4/h8-11,16-17,19,24,29-31,43H,5-7,12-15,18,20-23H2,1-4H3;7-9,15-16,18-19,23,28-30,42H,5-6,10-14,17,20-22H2,1-4H3/t24-,29?,30-,31-,36-,37-,38-,39-;23-,28?,29-,30-,35-,36-,37-,38-/m00/s1. The molecule has 8 aliphatic carbocycles. The van der Waals surface area contributed by atoms with Gasteiger partial charge in [-0.3, -0.25) is 47.9 Å². The number of carbonyl (C=O) groups is 10. The highest BCUT2D eigenvalue weighted by molar-refractivity contribution is 6.02. The topological polar surface area (TPSA) is 371 Å². The molecule has 0 saturated heterocycles. The van der Waals surface area contributed by atoms with Gasteiger partial charge in [-0.15, -0.1) is 20.2 Å². The van der Waals surface area contributed by atoms with Gasteiger partial charge in [-0.1, -0.05) is 114 Å². The highest BCUT2D eigenvalue weighted by Gasteiger charge is 2.79. The maximum atomic E-state index is 17.7. The van der Waals surface area contributed by atoms with Crippen molar-refractivity contribution in [3.8, 4) is 5.75 Å². The first-order chi connectivity index (χ1) is 49.5. The Bertz CT molecular complexity index is 3870. The predicted molar refractivity (Wildman–Crippen MR) is 365 cm³/mol. The number of halogens is 2. The summed E-state index contributed by atoms with van der Waals surface area (Å²) in [6.45, 7) is 12.0. The smallest absolute Gasteiger partial charge is 0.311 e. The number of ketones is 4. The fourth-order valence-corrected chi connectivity index (χ4v) is 19.1. The van der Waals surface area contributed by atoms with Crippen LogP contribution in [0.3, 0.4) is 0 Å². The van der Waals surface area contributed by atoms with Gasteiger partial charge in [-0.05, 0) is 143 Å². The number of hydrogen-bond donors (Lipinski definition) is 2. The van der Waals surface area contributed by atoms with E-state index in [-0.39, 0.29) is 69.2 Å². The number of unbranched alkanes of at least 4 members (excludes halogenated alkanes) is 2. The summed E-state index contributed by atoms with van der Waals surface area (Å²) in [5, 5.41) is 42.6. The minimum atomic E-state index is -2.16. The molecule has 6 saturated carbocycles. The number of nitrogens with zero attached hydrogens (tertiary/aromatic N) is 2. The number of fused-ring (bicyclic) bond motifs is 10. The maximum absolute atomic E-state index is 17.7. The summed E-state index contributed by atoms with van der Waals surface area (Å²) in [7, 11) is 0. The molecule has 6 fully saturated rings. The van der Waals surface area contributed by atoms with Crippen LogP contribution in [0.15, 0.2) is 96.1 Å². The summed E-state index contributed by atoms with van der Waals surface area (Å²) in [6, 6.07) is 12.3. The molecule has 26 nitrogen and oxygen atoms in total. The highest BCUT2D eigenvalue weighted by Crippen LogP contribution is 2.73. The van der Waals surface area contributed by atoms with Crippen LogP contribution in [0, 0.1) is 77.4 Å². The number of esters is 6. The fourth-order valence-electron chi connectivity index (χ4n) is 19.1. The number of aliphatic hydroxyl groups is 2. The predicted octanol–water partition coefficient (Wildman–Crippen LogP) is 10.7. The van der Waals surface area contributed by atoms with Gasteiger partial charge in [0.25, 0.3) is 10.2 Å². The first-order valence-corrected chi connectivity index (χ1v) is 36.0. The van der Waals surface area contributed by atoms with Crippen molar-refractivity contribution in [1.29, 1.82) is 0 Å². The van der Waals surface area contributed by atoms with Crippen molar-refractivity contribution in [3.63, 3.8) is 0 Å². The lowest BCUT2D eigenvalue weighted by atomic mass is 9.44. The second-order valence-corrected chi connectivity index (χ2v) is 30.2. The first kappa shape index (κ1) is 80.2. The number of ether oxygens (including phenoxy) is 6. The molecular formula is C77H94F2N2O24.